The molecule has 0 heterocycles. The van der Waals surface area contributed by atoms with Gasteiger partial charge in [0.15, 0.2) is 0 Å². The van der Waals surface area contributed by atoms with E-state index in [1.54, 1.807) is 36.4 Å². The minimum absolute atomic E-state index is 0.0689. The number of rotatable bonds is 12. The molecule has 0 aliphatic carbocycles. The third-order valence-corrected chi connectivity index (χ3v) is 27.6. The van der Waals surface area contributed by atoms with Gasteiger partial charge in [-0.1, -0.05) is 210 Å². The molecule has 11 rings (SSSR count). The van der Waals surface area contributed by atoms with Gasteiger partial charge in [-0.2, -0.15) is 0 Å². The maximum atomic E-state index is 11.1. The van der Waals surface area contributed by atoms with Gasteiger partial charge in [-0.3, -0.25) is 50.6 Å². The minimum Gasteiger partial charge on any atom is -0.398 e. The smallest absolute Gasteiger partial charge is 0.284 e. The van der Waals surface area contributed by atoms with Crippen LogP contribution < -0.4 is 21.8 Å². The molecule has 0 aliphatic heterocycles. The summed E-state index contributed by atoms with van der Waals surface area (Å²) in [6.07, 6.45) is 0. The van der Waals surface area contributed by atoms with Crippen molar-refractivity contribution in [2.75, 3.05) is 11.5 Å². The summed E-state index contributed by atoms with van der Waals surface area (Å²) in [6, 6.07) is 61.3. The molecule has 17 nitrogen and oxygen atoms in total. The SMILES string of the molecule is Brc1cc(I)ccc1-c1ccc(I)cc1Br.C[Si](C)(C)c1ccc(-c2ccc([Si](C)(C)C)cc2Br)c(Br)c1.Nc1cc(I)ccc1-c1ccc(I)cc1N.O=[N+]([O-])c1cc(Br)ccc1-c1ccc(Br)cc1[N+](=O)[O-].O=[N+]([O-])c1cc(Br)ccc1Br.O=[N+]([O-])c1cc(I)ccc1-c1ccc(I)cc1[N+](=O)[O-]. The molecule has 0 aliphatic rings. The van der Waals surface area contributed by atoms with Crippen molar-refractivity contribution in [3.63, 3.8) is 0 Å². The average molecular weight is 2640 g/mol. The number of nitrogens with two attached hydrogens (primary N) is 2. The number of hydrogen-bond donors (Lipinski definition) is 2. The van der Waals surface area contributed by atoms with Crippen LogP contribution in [0.25, 0.3) is 55.6 Å². The van der Waals surface area contributed by atoms with Crippen molar-refractivity contribution >= 4 is 329 Å². The number of nitrogens with zero attached hydrogens (tertiary/aromatic N) is 5. The van der Waals surface area contributed by atoms with E-state index in [-0.39, 0.29) is 50.7 Å². The summed E-state index contributed by atoms with van der Waals surface area (Å²) in [4.78, 5) is 52.2. The first-order chi connectivity index (χ1) is 49.1. The number of benzene rings is 11. The number of nitrogen functional groups attached to an aromatic ring is 2. The molecule has 11 aromatic carbocycles. The highest BCUT2D eigenvalue weighted by Gasteiger charge is 2.26. The fourth-order valence-corrected chi connectivity index (χ4v) is 19.9. The highest BCUT2D eigenvalue weighted by atomic mass is 127. The number of nitro groups is 5. The summed E-state index contributed by atoms with van der Waals surface area (Å²) in [5.41, 5.74) is 20.8. The van der Waals surface area contributed by atoms with E-state index in [0.717, 1.165) is 38.6 Å². The van der Waals surface area contributed by atoms with Crippen LogP contribution in [-0.4, -0.2) is 40.8 Å². The molecule has 544 valence electrons. The topological polar surface area (TPSA) is 268 Å². The second-order valence-corrected chi connectivity index (χ2v) is 48.8. The zero-order chi connectivity index (χ0) is 78.3. The molecule has 4 N–H and O–H groups in total. The molecule has 105 heavy (non-hydrogen) atoms. The Hall–Kier alpha value is -3.33. The van der Waals surface area contributed by atoms with Crippen LogP contribution in [0.5, 0.6) is 0 Å². The first-order valence-electron chi connectivity index (χ1n) is 30.0. The first-order valence-corrected chi connectivity index (χ1v) is 49.9. The fraction of sp³-hybridized carbons (Fsp3) is 0.0833. The fourth-order valence-electron chi connectivity index (χ4n) is 9.53. The third kappa shape index (κ3) is 26.7. The van der Waals surface area contributed by atoms with E-state index >= 15 is 0 Å². The van der Waals surface area contributed by atoms with Crippen molar-refractivity contribution in [2.24, 2.45) is 0 Å². The Labute approximate surface area is 756 Å². The van der Waals surface area contributed by atoms with Gasteiger partial charge in [0, 0.05) is 106 Å². The van der Waals surface area contributed by atoms with E-state index in [1.165, 1.54) is 103 Å². The summed E-state index contributed by atoms with van der Waals surface area (Å²) in [5.74, 6) is 0. The number of halogens is 14. The van der Waals surface area contributed by atoms with Gasteiger partial charge in [-0.25, -0.2) is 0 Å². The van der Waals surface area contributed by atoms with Crippen LogP contribution in [0, 0.1) is 72.0 Å². The van der Waals surface area contributed by atoms with Gasteiger partial charge >= 0.3 is 0 Å². The highest BCUT2D eigenvalue weighted by Crippen LogP contribution is 2.42. The van der Waals surface area contributed by atoms with E-state index in [1.807, 2.05) is 81.6 Å². The van der Waals surface area contributed by atoms with E-state index < -0.39 is 40.8 Å². The van der Waals surface area contributed by atoms with Crippen molar-refractivity contribution in [3.05, 3.63) is 308 Å². The molecule has 0 fully saturated rings. The van der Waals surface area contributed by atoms with Crippen LogP contribution in [0.4, 0.5) is 39.8 Å². The van der Waals surface area contributed by atoms with Crippen LogP contribution in [0.3, 0.4) is 0 Å². The molecule has 0 aromatic heterocycles. The summed E-state index contributed by atoms with van der Waals surface area (Å²) in [6.45, 7) is 14.3. The van der Waals surface area contributed by atoms with Crippen LogP contribution in [0.15, 0.2) is 236 Å². The Morgan fingerprint density at radius 1 is 0.257 bits per heavy atom. The maximum absolute atomic E-state index is 11.1. The Bertz CT molecular complexity index is 4640. The third-order valence-electron chi connectivity index (χ3n) is 14.7. The predicted molar refractivity (Wildman–Crippen MR) is 512 cm³/mol. The summed E-state index contributed by atoms with van der Waals surface area (Å²) < 4.78 is 13.0. The number of hydrogen-bond acceptors (Lipinski definition) is 12. The standard InChI is InChI=1S/C18H24Br2Si2.C12H6Br2I2.C12H6Br2N2O4.C12H6I2N2O4.C12H10I2N2.C6H3Br2NO2/c1-21(2,3)13-7-9-15(17(19)11-13)16-10-8-14(12-18(16)20)22(4,5)6;13-11-5-7(15)1-3-9(11)10-4-2-8(16)6-12(10)14;2*13-7-1-3-9(11(5-7)15(17)18)10-4-2-8(14)6-12(10)16(19)20;13-7-1-3-9(11(15)5-7)10-4-2-8(14)6-12(10)16;7-4-1-2-5(8)6(3-4)9(10)11/h7-12H,1-6H3;1-6H;2*1-6H;1-6H,15-16H2;1-3H. The van der Waals surface area contributed by atoms with E-state index in [0.29, 0.717) is 25.0 Å². The lowest BCUT2D eigenvalue weighted by Crippen LogP contribution is -2.37. The Morgan fingerprint density at radius 2 is 0.476 bits per heavy atom. The molecule has 0 atom stereocenters. The molecular weight excluding hydrogens is 2580 g/mol. The largest absolute Gasteiger partial charge is 0.398 e. The van der Waals surface area contributed by atoms with E-state index in [4.69, 9.17) is 11.5 Å². The predicted octanol–water partition coefficient (Wildman–Crippen LogP) is 28.0. The molecule has 0 radical (unpaired) electrons. The van der Waals surface area contributed by atoms with Crippen LogP contribution in [0.1, 0.15) is 0 Å². The lowest BCUT2D eigenvalue weighted by molar-refractivity contribution is -0.386. The summed E-state index contributed by atoms with van der Waals surface area (Å²) >= 11 is 40.3. The molecule has 0 bridgehead atoms. The lowest BCUT2D eigenvalue weighted by Gasteiger charge is -2.20. The maximum Gasteiger partial charge on any atom is 0.284 e. The van der Waals surface area contributed by atoms with Crippen molar-refractivity contribution in [3.8, 4) is 55.6 Å². The summed E-state index contributed by atoms with van der Waals surface area (Å²) in [5, 5.41) is 57.8. The van der Waals surface area contributed by atoms with Crippen molar-refractivity contribution in [1.82, 2.24) is 0 Å². The van der Waals surface area contributed by atoms with Crippen LogP contribution >= 0.6 is 263 Å². The number of anilines is 2. The molecule has 33 heteroatoms. The lowest BCUT2D eigenvalue weighted by atomic mass is 10.0. The first kappa shape index (κ1) is 90.6. The average Bonchev–Trinajstić information content (AvgIpc) is 0.694. The quantitative estimate of drug-likeness (QED) is 0.0380. The van der Waals surface area contributed by atoms with Crippen LogP contribution in [0.2, 0.25) is 39.3 Å². The Morgan fingerprint density at radius 3 is 0.733 bits per heavy atom. The number of nitro benzene ring substituents is 5. The normalized spacial score (nSPS) is 10.7. The van der Waals surface area contributed by atoms with E-state index in [2.05, 4.69) is 330 Å². The molecule has 0 spiro atoms. The van der Waals surface area contributed by atoms with Gasteiger partial charge < -0.3 is 11.5 Å². The second-order valence-electron chi connectivity index (χ2n) is 24.1. The molecule has 0 unspecified atom stereocenters. The van der Waals surface area contributed by atoms with Gasteiger partial charge in [0.05, 0.1) is 67.5 Å². The van der Waals surface area contributed by atoms with Crippen LogP contribution in [-0.2, 0) is 0 Å². The van der Waals surface area contributed by atoms with Gasteiger partial charge in [0.2, 0.25) is 0 Å². The highest BCUT2D eigenvalue weighted by molar-refractivity contribution is 14.1. The molecule has 0 saturated heterocycles. The van der Waals surface area contributed by atoms with Gasteiger partial charge in [-0.05, 0) is 295 Å². The molecular formula is C72H55Br8I6N7O10Si2. The van der Waals surface area contributed by atoms with Gasteiger partial charge in [0.25, 0.3) is 28.4 Å². The molecule has 0 amide bonds. The molecule has 0 saturated carbocycles. The van der Waals surface area contributed by atoms with Crippen molar-refractivity contribution in [1.29, 1.82) is 0 Å². The zero-order valence-electron chi connectivity index (χ0n) is 55.3. The van der Waals surface area contributed by atoms with Crippen molar-refractivity contribution < 1.29 is 24.6 Å². The van der Waals surface area contributed by atoms with E-state index in [9.17, 15) is 50.6 Å². The Kier molecular flexibility index (Phi) is 35.6. The summed E-state index contributed by atoms with van der Waals surface area (Å²) in [7, 11) is -2.54. The van der Waals surface area contributed by atoms with Gasteiger partial charge in [0.1, 0.15) is 0 Å². The van der Waals surface area contributed by atoms with Gasteiger partial charge in [-0.15, -0.1) is 0 Å². The van der Waals surface area contributed by atoms with Crippen molar-refractivity contribution in [2.45, 2.75) is 39.3 Å². The monoisotopic (exact) mass is 2630 g/mol. The zero-order valence-corrected chi connectivity index (χ0v) is 83.0. The minimum atomic E-state index is -1.27. The Balaban J connectivity index is 0.000000200. The molecule has 11 aromatic rings. The second kappa shape index (κ2) is 41.3.